The van der Waals surface area contributed by atoms with Crippen molar-refractivity contribution in [3.05, 3.63) is 41.7 Å². The highest BCUT2D eigenvalue weighted by atomic mass is 16.5. The molecule has 1 aliphatic rings. The summed E-state index contributed by atoms with van der Waals surface area (Å²) in [7, 11) is 0. The fraction of sp³-hybridized carbons (Fsp3) is 0.524. The Morgan fingerprint density at radius 2 is 2.12 bits per heavy atom. The Labute approximate surface area is 155 Å². The summed E-state index contributed by atoms with van der Waals surface area (Å²) < 4.78 is 5.27. The number of nitrogens with zero attached hydrogens (tertiary/aromatic N) is 2. The molecule has 1 aromatic heterocycles. The van der Waals surface area contributed by atoms with Crippen LogP contribution in [0.5, 0.6) is 0 Å². The number of hydrogen-bond acceptors (Lipinski definition) is 4. The predicted octanol–water partition coefficient (Wildman–Crippen LogP) is 3.89. The zero-order valence-electron chi connectivity index (χ0n) is 15.8. The topological polar surface area (TPSA) is 58.4 Å². The number of unbranched alkanes of at least 4 members (excludes halogenated alkanes) is 1. The first-order valence-corrected chi connectivity index (χ1v) is 9.67. The number of carbonyl (C=O) groups is 1. The molecule has 1 aliphatic heterocycles. The van der Waals surface area contributed by atoms with Crippen LogP contribution in [0.2, 0.25) is 0 Å². The van der Waals surface area contributed by atoms with Crippen LogP contribution in [0, 0.1) is 12.8 Å². The zero-order valence-corrected chi connectivity index (χ0v) is 15.8. The maximum absolute atomic E-state index is 12.6. The summed E-state index contributed by atoms with van der Waals surface area (Å²) in [6.45, 7) is 8.36. The van der Waals surface area contributed by atoms with Gasteiger partial charge in [0.15, 0.2) is 0 Å². The summed E-state index contributed by atoms with van der Waals surface area (Å²) in [6, 6.07) is 9.69. The third-order valence-electron chi connectivity index (χ3n) is 5.06. The molecule has 0 radical (unpaired) electrons. The van der Waals surface area contributed by atoms with Crippen LogP contribution in [0.25, 0.3) is 11.3 Å². The third-order valence-corrected chi connectivity index (χ3v) is 5.06. The van der Waals surface area contributed by atoms with Gasteiger partial charge >= 0.3 is 0 Å². The Hall–Kier alpha value is -2.14. The number of hydrogen-bond donors (Lipinski definition) is 1. The fourth-order valence-electron chi connectivity index (χ4n) is 3.67. The molecule has 140 valence electrons. The van der Waals surface area contributed by atoms with Gasteiger partial charge in [-0.15, -0.1) is 0 Å². The Morgan fingerprint density at radius 3 is 2.88 bits per heavy atom. The van der Waals surface area contributed by atoms with E-state index >= 15 is 0 Å². The van der Waals surface area contributed by atoms with E-state index < -0.39 is 0 Å². The molecule has 0 saturated carbocycles. The van der Waals surface area contributed by atoms with Gasteiger partial charge in [-0.1, -0.05) is 42.4 Å². The second-order valence-corrected chi connectivity index (χ2v) is 7.34. The minimum Gasteiger partial charge on any atom is -0.360 e. The molecule has 3 rings (SSSR count). The van der Waals surface area contributed by atoms with E-state index in [1.54, 1.807) is 6.92 Å². The Kier molecular flexibility index (Phi) is 6.45. The van der Waals surface area contributed by atoms with E-state index in [0.717, 1.165) is 30.9 Å². The van der Waals surface area contributed by atoms with E-state index in [4.69, 9.17) is 4.52 Å². The van der Waals surface area contributed by atoms with Crippen molar-refractivity contribution in [1.29, 1.82) is 0 Å². The van der Waals surface area contributed by atoms with Crippen LogP contribution in [0.15, 0.2) is 34.9 Å². The van der Waals surface area contributed by atoms with E-state index in [-0.39, 0.29) is 5.91 Å². The molecule has 0 aliphatic carbocycles. The first-order valence-electron chi connectivity index (χ1n) is 9.67. The average Bonchev–Trinajstić information content (AvgIpc) is 3.04. The van der Waals surface area contributed by atoms with Gasteiger partial charge in [0.2, 0.25) is 0 Å². The molecule has 1 saturated heterocycles. The minimum atomic E-state index is -0.103. The van der Waals surface area contributed by atoms with E-state index in [1.807, 2.05) is 30.3 Å². The van der Waals surface area contributed by atoms with Gasteiger partial charge in [0, 0.05) is 18.7 Å². The molecule has 5 heteroatoms. The van der Waals surface area contributed by atoms with Crippen LogP contribution in [0.3, 0.4) is 0 Å². The van der Waals surface area contributed by atoms with Crippen molar-refractivity contribution >= 4 is 5.91 Å². The molecule has 1 fully saturated rings. The van der Waals surface area contributed by atoms with Gasteiger partial charge in [0.1, 0.15) is 17.0 Å². The summed E-state index contributed by atoms with van der Waals surface area (Å²) in [5.74, 6) is 1.27. The van der Waals surface area contributed by atoms with Crippen molar-refractivity contribution in [2.24, 2.45) is 5.92 Å². The first-order chi connectivity index (χ1) is 12.6. The quantitative estimate of drug-likeness (QED) is 0.766. The van der Waals surface area contributed by atoms with Crippen molar-refractivity contribution in [3.8, 4) is 11.3 Å². The van der Waals surface area contributed by atoms with Crippen molar-refractivity contribution < 1.29 is 9.32 Å². The number of amides is 1. The van der Waals surface area contributed by atoms with E-state index in [2.05, 4.69) is 22.3 Å². The number of carbonyl (C=O) groups excluding carboxylic acids is 1. The second kappa shape index (κ2) is 8.99. The Balaban J connectivity index is 1.48. The molecule has 2 heterocycles. The van der Waals surface area contributed by atoms with Gasteiger partial charge in [-0.25, -0.2) is 0 Å². The molecule has 0 bridgehead atoms. The molecule has 5 nitrogen and oxygen atoms in total. The van der Waals surface area contributed by atoms with Crippen LogP contribution < -0.4 is 5.32 Å². The van der Waals surface area contributed by atoms with Crippen LogP contribution in [0.1, 0.15) is 48.7 Å². The highest BCUT2D eigenvalue weighted by Gasteiger charge is 2.21. The number of rotatable bonds is 7. The summed E-state index contributed by atoms with van der Waals surface area (Å²) in [4.78, 5) is 15.2. The molecule has 1 aromatic carbocycles. The lowest BCUT2D eigenvalue weighted by atomic mass is 10.0. The maximum Gasteiger partial charge on any atom is 0.257 e. The second-order valence-electron chi connectivity index (χ2n) is 7.34. The Bertz CT molecular complexity index is 711. The largest absolute Gasteiger partial charge is 0.360 e. The van der Waals surface area contributed by atoms with E-state index in [0.29, 0.717) is 23.6 Å². The monoisotopic (exact) mass is 355 g/mol. The van der Waals surface area contributed by atoms with E-state index in [1.165, 1.54) is 25.9 Å². The fourth-order valence-corrected chi connectivity index (χ4v) is 3.67. The van der Waals surface area contributed by atoms with Gasteiger partial charge in [0.05, 0.1) is 0 Å². The van der Waals surface area contributed by atoms with E-state index in [9.17, 15) is 4.79 Å². The number of aryl methyl sites for hydroxylation is 1. The highest BCUT2D eigenvalue weighted by Crippen LogP contribution is 2.24. The van der Waals surface area contributed by atoms with Gasteiger partial charge in [-0.3, -0.25) is 4.79 Å². The van der Waals surface area contributed by atoms with Gasteiger partial charge in [-0.2, -0.15) is 0 Å². The number of piperidine rings is 1. The molecule has 1 amide bonds. The number of nitrogens with one attached hydrogen (secondary N) is 1. The molecule has 1 unspecified atom stereocenters. The molecule has 1 atom stereocenters. The predicted molar refractivity (Wildman–Crippen MR) is 103 cm³/mol. The van der Waals surface area contributed by atoms with Gasteiger partial charge < -0.3 is 14.7 Å². The molecule has 2 aromatic rings. The summed E-state index contributed by atoms with van der Waals surface area (Å²) in [5, 5.41) is 7.10. The maximum atomic E-state index is 12.6. The molecule has 1 N–H and O–H groups in total. The van der Waals surface area contributed by atoms with Crippen LogP contribution in [-0.2, 0) is 0 Å². The molecule has 0 spiro atoms. The summed E-state index contributed by atoms with van der Waals surface area (Å²) in [6.07, 6.45) is 4.77. The molecule has 26 heavy (non-hydrogen) atoms. The standard InChI is InChI=1S/C21H29N3O2/c1-16-9-8-14-24(15-16)13-7-6-12-22-21(25)19-17(2)26-23-20(19)18-10-4-3-5-11-18/h3-5,10-11,16H,6-9,12-15H2,1-2H3,(H,22,25). The molecular weight excluding hydrogens is 326 g/mol. The highest BCUT2D eigenvalue weighted by molar-refractivity contribution is 6.00. The third kappa shape index (κ3) is 4.73. The van der Waals surface area contributed by atoms with Crippen molar-refractivity contribution in [3.63, 3.8) is 0 Å². The van der Waals surface area contributed by atoms with Crippen molar-refractivity contribution in [2.75, 3.05) is 26.2 Å². The average molecular weight is 355 g/mol. The number of benzene rings is 1. The lowest BCUT2D eigenvalue weighted by Crippen LogP contribution is -2.35. The lowest BCUT2D eigenvalue weighted by molar-refractivity contribution is 0.0951. The molecular formula is C21H29N3O2. The first kappa shape index (κ1) is 18.6. The normalized spacial score (nSPS) is 18.0. The number of aromatic nitrogens is 1. The summed E-state index contributed by atoms with van der Waals surface area (Å²) in [5.41, 5.74) is 2.05. The van der Waals surface area contributed by atoms with Crippen molar-refractivity contribution in [1.82, 2.24) is 15.4 Å². The van der Waals surface area contributed by atoms with Crippen LogP contribution in [0.4, 0.5) is 0 Å². The minimum absolute atomic E-state index is 0.103. The SMILES string of the molecule is Cc1onc(-c2ccccc2)c1C(=O)NCCCCN1CCCC(C)C1. The van der Waals surface area contributed by atoms with Crippen molar-refractivity contribution in [2.45, 2.75) is 39.5 Å². The number of likely N-dealkylation sites (tertiary alicyclic amines) is 1. The summed E-state index contributed by atoms with van der Waals surface area (Å²) >= 11 is 0. The smallest absolute Gasteiger partial charge is 0.257 e. The van der Waals surface area contributed by atoms with Gasteiger partial charge in [0.25, 0.3) is 5.91 Å². The lowest BCUT2D eigenvalue weighted by Gasteiger charge is -2.30. The van der Waals surface area contributed by atoms with Crippen LogP contribution >= 0.6 is 0 Å². The zero-order chi connectivity index (χ0) is 18.4. The van der Waals surface area contributed by atoms with Crippen LogP contribution in [-0.4, -0.2) is 42.1 Å². The van der Waals surface area contributed by atoms with Gasteiger partial charge in [-0.05, 0) is 51.6 Å². The Morgan fingerprint density at radius 1 is 1.31 bits per heavy atom.